The highest BCUT2D eigenvalue weighted by atomic mass is 35.6. The normalized spacial score (nSPS) is 16.5. The van der Waals surface area contributed by atoms with Gasteiger partial charge in [0.25, 0.3) is 5.91 Å². The second kappa shape index (κ2) is 18.0. The van der Waals surface area contributed by atoms with E-state index in [1.54, 1.807) is 62.8 Å². The zero-order valence-corrected chi connectivity index (χ0v) is 31.9. The maximum Gasteiger partial charge on any atom is 0.410 e. The molecule has 5 rings (SSSR count). The van der Waals surface area contributed by atoms with Crippen LogP contribution in [-0.4, -0.2) is 89.4 Å². The number of alkyl halides is 3. The number of nitrogens with zero attached hydrogens (tertiary/aromatic N) is 2. The van der Waals surface area contributed by atoms with E-state index in [-0.39, 0.29) is 37.8 Å². The summed E-state index contributed by atoms with van der Waals surface area (Å²) in [4.78, 5) is 56.0. The van der Waals surface area contributed by atoms with Gasteiger partial charge >= 0.3 is 18.2 Å². The number of carbonyl (C=O) groups is 4. The quantitative estimate of drug-likeness (QED) is 0.0858. The first kappa shape index (κ1) is 39.7. The summed E-state index contributed by atoms with van der Waals surface area (Å²) in [7, 11) is 4.68. The fourth-order valence-corrected chi connectivity index (χ4v) is 6.86. The van der Waals surface area contributed by atoms with Crippen molar-refractivity contribution in [3.63, 3.8) is 0 Å². The van der Waals surface area contributed by atoms with Crippen molar-refractivity contribution in [3.05, 3.63) is 101 Å². The van der Waals surface area contributed by atoms with Crippen molar-refractivity contribution < 1.29 is 47.6 Å². The number of halogens is 3. The third-order valence-electron chi connectivity index (χ3n) is 8.10. The van der Waals surface area contributed by atoms with Crippen LogP contribution >= 0.6 is 46.6 Å². The Morgan fingerprint density at radius 1 is 0.774 bits per heavy atom. The second-order valence-corrected chi connectivity index (χ2v) is 15.3. The molecule has 1 fully saturated rings. The van der Waals surface area contributed by atoms with Gasteiger partial charge < -0.3 is 33.7 Å². The van der Waals surface area contributed by atoms with Crippen LogP contribution in [0.15, 0.2) is 84.1 Å². The zero-order chi connectivity index (χ0) is 38.1. The van der Waals surface area contributed by atoms with Gasteiger partial charge in [-0.05, 0) is 53.1 Å². The maximum absolute atomic E-state index is 13.7. The molecule has 17 heteroatoms. The average Bonchev–Trinajstić information content (AvgIpc) is 3.17. The molecular formula is C36H36Cl3N3O10S. The van der Waals surface area contributed by atoms with Gasteiger partial charge in [0.2, 0.25) is 3.79 Å². The molecule has 3 aromatic carbocycles. The number of fused-ring (bicyclic) bond motifs is 1. The molecule has 1 saturated heterocycles. The highest BCUT2D eigenvalue weighted by Crippen LogP contribution is 2.41. The van der Waals surface area contributed by atoms with Crippen molar-refractivity contribution in [1.29, 1.82) is 0 Å². The molecule has 3 aromatic rings. The molecule has 13 nitrogen and oxygen atoms in total. The number of hydrogen-bond donors (Lipinski definition) is 1. The first-order chi connectivity index (χ1) is 25.4. The summed E-state index contributed by atoms with van der Waals surface area (Å²) in [6.45, 7) is -0.567. The van der Waals surface area contributed by atoms with E-state index in [4.69, 9.17) is 63.2 Å². The standard InChI is InChI=1S/C36H36Cl3N3O10S/c1-47-26-10-4-22(5-11-26)16-41(17-23-6-12-27(48-2)13-7-23)35(46)51-19-25-20-53-32-29(40-34(45)52-21-36(37,38)39)31(43)42(32)30(25)33(44)50-18-24-8-14-28(49-3)15-9-24/h4-15,29,32H,16-21H2,1-3H3,(H,40,45)/t29-,32+/m1/s1. The van der Waals surface area contributed by atoms with E-state index < -0.39 is 45.9 Å². The molecule has 2 aliphatic heterocycles. The molecule has 0 spiro atoms. The summed E-state index contributed by atoms with van der Waals surface area (Å²) in [6.07, 6.45) is -1.63. The van der Waals surface area contributed by atoms with Crippen molar-refractivity contribution in [2.24, 2.45) is 0 Å². The number of thioether (sulfide) groups is 1. The van der Waals surface area contributed by atoms with E-state index in [2.05, 4.69) is 5.32 Å². The van der Waals surface area contributed by atoms with Crippen LogP contribution in [0.25, 0.3) is 0 Å². The summed E-state index contributed by atoms with van der Waals surface area (Å²) in [5.41, 5.74) is 2.59. The summed E-state index contributed by atoms with van der Waals surface area (Å²) >= 11 is 18.3. The molecule has 0 aliphatic carbocycles. The minimum atomic E-state index is -1.85. The lowest BCUT2D eigenvalue weighted by atomic mass is 10.0. The monoisotopic (exact) mass is 807 g/mol. The molecule has 0 unspecified atom stereocenters. The van der Waals surface area contributed by atoms with Crippen LogP contribution in [0.4, 0.5) is 9.59 Å². The van der Waals surface area contributed by atoms with E-state index in [1.807, 2.05) is 24.3 Å². The molecule has 0 bridgehead atoms. The Labute approximate surface area is 325 Å². The van der Waals surface area contributed by atoms with Gasteiger partial charge in [-0.15, -0.1) is 11.8 Å². The summed E-state index contributed by atoms with van der Waals surface area (Å²) < 4.78 is 30.3. The molecule has 0 saturated carbocycles. The van der Waals surface area contributed by atoms with Crippen LogP contribution in [0.3, 0.4) is 0 Å². The van der Waals surface area contributed by atoms with Gasteiger partial charge in [-0.25, -0.2) is 14.4 Å². The van der Waals surface area contributed by atoms with E-state index in [0.717, 1.165) is 11.1 Å². The lowest BCUT2D eigenvalue weighted by Crippen LogP contribution is -2.70. The van der Waals surface area contributed by atoms with Crippen LogP contribution in [0.1, 0.15) is 16.7 Å². The van der Waals surface area contributed by atoms with Gasteiger partial charge in [-0.2, -0.15) is 0 Å². The molecule has 2 heterocycles. The fourth-order valence-electron chi connectivity index (χ4n) is 5.37. The van der Waals surface area contributed by atoms with Crippen LogP contribution in [0.2, 0.25) is 0 Å². The molecule has 1 N–H and O–H groups in total. The number of benzene rings is 3. The van der Waals surface area contributed by atoms with Gasteiger partial charge in [0.05, 0.1) is 21.3 Å². The number of β-lactam (4-membered cyclic amide) rings is 1. The highest BCUT2D eigenvalue weighted by molar-refractivity contribution is 8.00. The largest absolute Gasteiger partial charge is 0.497 e. The third kappa shape index (κ3) is 10.6. The Morgan fingerprint density at radius 2 is 1.28 bits per heavy atom. The van der Waals surface area contributed by atoms with Crippen molar-refractivity contribution in [2.75, 3.05) is 40.3 Å². The number of rotatable bonds is 14. The number of methoxy groups -OCH3 is 3. The second-order valence-electron chi connectivity index (χ2n) is 11.7. The molecule has 53 heavy (non-hydrogen) atoms. The van der Waals surface area contributed by atoms with Crippen LogP contribution in [-0.2, 0) is 43.5 Å². The summed E-state index contributed by atoms with van der Waals surface area (Å²) in [5, 5.41) is 1.78. The van der Waals surface area contributed by atoms with Gasteiger partial charge in [0, 0.05) is 24.4 Å². The van der Waals surface area contributed by atoms with Crippen molar-refractivity contribution >= 4 is 70.6 Å². The number of carbonyl (C=O) groups excluding carboxylic acids is 4. The lowest BCUT2D eigenvalue weighted by molar-refractivity contribution is -0.152. The van der Waals surface area contributed by atoms with E-state index in [0.29, 0.717) is 28.4 Å². The maximum atomic E-state index is 13.7. The number of esters is 1. The predicted molar refractivity (Wildman–Crippen MR) is 198 cm³/mol. The lowest BCUT2D eigenvalue weighted by Gasteiger charge is -2.49. The number of ether oxygens (including phenoxy) is 6. The van der Waals surface area contributed by atoms with Gasteiger partial charge in [0.1, 0.15) is 54.2 Å². The van der Waals surface area contributed by atoms with E-state index >= 15 is 0 Å². The smallest absolute Gasteiger partial charge is 0.410 e. The highest BCUT2D eigenvalue weighted by Gasteiger charge is 2.55. The summed E-state index contributed by atoms with van der Waals surface area (Å²) in [6, 6.07) is 20.4. The van der Waals surface area contributed by atoms with Gasteiger partial charge in [0.15, 0.2) is 0 Å². The third-order valence-corrected chi connectivity index (χ3v) is 9.77. The first-order valence-electron chi connectivity index (χ1n) is 16.0. The predicted octanol–water partition coefficient (Wildman–Crippen LogP) is 6.23. The number of hydrogen-bond acceptors (Lipinski definition) is 11. The summed E-state index contributed by atoms with van der Waals surface area (Å²) in [5.74, 6) is 0.728. The molecule has 0 aromatic heterocycles. The van der Waals surface area contributed by atoms with Crippen LogP contribution in [0, 0.1) is 0 Å². The van der Waals surface area contributed by atoms with E-state index in [9.17, 15) is 19.2 Å². The van der Waals surface area contributed by atoms with Crippen molar-refractivity contribution in [2.45, 2.75) is 34.9 Å². The van der Waals surface area contributed by atoms with Crippen LogP contribution < -0.4 is 19.5 Å². The Kier molecular flexibility index (Phi) is 13.5. The Balaban J connectivity index is 1.35. The number of nitrogens with one attached hydrogen (secondary N) is 1. The zero-order valence-electron chi connectivity index (χ0n) is 28.8. The SMILES string of the molecule is COc1ccc(COC(=O)C2=C(COC(=O)N(Cc3ccc(OC)cc3)Cc3ccc(OC)cc3)CS[C@H]3[C@H](NC(=O)OCC(Cl)(Cl)Cl)C(=O)N23)cc1. The first-order valence-corrected chi connectivity index (χ1v) is 18.2. The van der Waals surface area contributed by atoms with Crippen molar-refractivity contribution in [1.82, 2.24) is 15.1 Å². The minimum Gasteiger partial charge on any atom is -0.497 e. The molecule has 2 aliphatic rings. The fraction of sp³-hybridized carbons (Fsp3) is 0.333. The Hall–Kier alpha value is -4.50. The molecule has 282 valence electrons. The molecule has 2 atom stereocenters. The Bertz CT molecular complexity index is 1760. The van der Waals surface area contributed by atoms with Crippen molar-refractivity contribution in [3.8, 4) is 17.2 Å². The minimum absolute atomic E-state index is 0.0790. The number of amides is 3. The van der Waals surface area contributed by atoms with Crippen LogP contribution in [0.5, 0.6) is 17.2 Å². The van der Waals surface area contributed by atoms with E-state index in [1.165, 1.54) is 28.7 Å². The van der Waals surface area contributed by atoms with Gasteiger partial charge in [-0.3, -0.25) is 14.6 Å². The number of alkyl carbamates (subject to hydrolysis) is 1. The molecule has 0 radical (unpaired) electrons. The molecule has 3 amide bonds. The topological polar surface area (TPSA) is 142 Å². The molecular weight excluding hydrogens is 773 g/mol. The Morgan fingerprint density at radius 3 is 1.77 bits per heavy atom. The average molecular weight is 809 g/mol. The van der Waals surface area contributed by atoms with Gasteiger partial charge in [-0.1, -0.05) is 71.2 Å².